The molecule has 1 aromatic rings. The summed E-state index contributed by atoms with van der Waals surface area (Å²) < 4.78 is 5.07. The van der Waals surface area contributed by atoms with Crippen molar-refractivity contribution in [1.82, 2.24) is 14.9 Å². The maximum Gasteiger partial charge on any atom is 0.182 e. The number of aryl methyl sites for hydroxylation is 1. The average Bonchev–Trinajstić information content (AvgIpc) is 2.01. The summed E-state index contributed by atoms with van der Waals surface area (Å²) in [4.78, 5) is 10.4. The molecule has 5 nitrogen and oxygen atoms in total. The molecule has 0 spiro atoms. The fraction of sp³-hybridized carbons (Fsp3) is 0.556. The summed E-state index contributed by atoms with van der Waals surface area (Å²) in [5.41, 5.74) is 6.49. The van der Waals surface area contributed by atoms with E-state index in [9.17, 15) is 0 Å². The predicted molar refractivity (Wildman–Crippen MR) is 55.1 cm³/mol. The van der Waals surface area contributed by atoms with E-state index in [-0.39, 0.29) is 0 Å². The Hall–Kier alpha value is -1.36. The van der Waals surface area contributed by atoms with E-state index in [4.69, 9.17) is 10.5 Å². The maximum absolute atomic E-state index is 5.71. The number of nitrogen functional groups attached to an aromatic ring is 1. The summed E-state index contributed by atoms with van der Waals surface area (Å²) >= 11 is 0. The van der Waals surface area contributed by atoms with Gasteiger partial charge in [0.05, 0.1) is 19.3 Å². The molecule has 1 aromatic heterocycles. The first kappa shape index (κ1) is 10.7. The van der Waals surface area contributed by atoms with Gasteiger partial charge >= 0.3 is 0 Å². The van der Waals surface area contributed by atoms with Crippen LogP contribution in [-0.4, -0.2) is 36.1 Å². The SMILES string of the molecule is COc1c(C)nc(CN(C)C)nc1N. The van der Waals surface area contributed by atoms with Crippen LogP contribution in [0.25, 0.3) is 0 Å². The number of anilines is 1. The fourth-order valence-electron chi connectivity index (χ4n) is 1.25. The first-order valence-corrected chi connectivity index (χ1v) is 4.36. The lowest BCUT2D eigenvalue weighted by Gasteiger charge is -2.11. The Morgan fingerprint density at radius 1 is 1.36 bits per heavy atom. The lowest BCUT2D eigenvalue weighted by molar-refractivity contribution is 0.383. The Bertz CT molecular complexity index is 302. The highest BCUT2D eigenvalue weighted by molar-refractivity contribution is 5.48. The lowest BCUT2D eigenvalue weighted by Crippen LogP contribution is -2.15. The van der Waals surface area contributed by atoms with E-state index in [0.29, 0.717) is 23.9 Å². The third-order valence-electron chi connectivity index (χ3n) is 1.77. The van der Waals surface area contributed by atoms with E-state index in [1.165, 1.54) is 0 Å². The molecule has 14 heavy (non-hydrogen) atoms. The Labute approximate surface area is 83.9 Å². The van der Waals surface area contributed by atoms with Gasteiger partial charge in [0.1, 0.15) is 5.82 Å². The highest BCUT2D eigenvalue weighted by atomic mass is 16.5. The van der Waals surface area contributed by atoms with Crippen LogP contribution in [0.4, 0.5) is 5.82 Å². The first-order valence-electron chi connectivity index (χ1n) is 4.36. The van der Waals surface area contributed by atoms with Gasteiger partial charge in [0.2, 0.25) is 0 Å². The molecule has 0 aliphatic rings. The molecule has 0 atom stereocenters. The van der Waals surface area contributed by atoms with Gasteiger partial charge in [0.15, 0.2) is 11.6 Å². The molecule has 78 valence electrons. The van der Waals surface area contributed by atoms with Crippen molar-refractivity contribution in [3.05, 3.63) is 11.5 Å². The van der Waals surface area contributed by atoms with Crippen molar-refractivity contribution in [1.29, 1.82) is 0 Å². The van der Waals surface area contributed by atoms with Gasteiger partial charge in [-0.05, 0) is 21.0 Å². The second-order valence-electron chi connectivity index (χ2n) is 3.38. The van der Waals surface area contributed by atoms with Crippen LogP contribution in [0.5, 0.6) is 5.75 Å². The van der Waals surface area contributed by atoms with Crippen LogP contribution in [-0.2, 0) is 6.54 Å². The Morgan fingerprint density at radius 3 is 2.43 bits per heavy atom. The van der Waals surface area contributed by atoms with Gasteiger partial charge in [0, 0.05) is 0 Å². The minimum Gasteiger partial charge on any atom is -0.491 e. The van der Waals surface area contributed by atoms with Gasteiger partial charge in [-0.2, -0.15) is 0 Å². The van der Waals surface area contributed by atoms with Gasteiger partial charge < -0.3 is 15.4 Å². The van der Waals surface area contributed by atoms with E-state index in [2.05, 4.69) is 9.97 Å². The molecular formula is C9H16N4O. The summed E-state index contributed by atoms with van der Waals surface area (Å²) in [6.07, 6.45) is 0. The van der Waals surface area contributed by atoms with Gasteiger partial charge in [-0.1, -0.05) is 0 Å². The molecular weight excluding hydrogens is 180 g/mol. The van der Waals surface area contributed by atoms with Crippen LogP contribution in [0.15, 0.2) is 0 Å². The van der Waals surface area contributed by atoms with Crippen molar-refractivity contribution in [2.75, 3.05) is 26.9 Å². The topological polar surface area (TPSA) is 64.3 Å². The fourth-order valence-corrected chi connectivity index (χ4v) is 1.25. The Morgan fingerprint density at radius 2 is 2.00 bits per heavy atom. The molecule has 0 amide bonds. The third-order valence-corrected chi connectivity index (χ3v) is 1.77. The van der Waals surface area contributed by atoms with E-state index in [1.807, 2.05) is 25.9 Å². The van der Waals surface area contributed by atoms with Crippen LogP contribution in [0.1, 0.15) is 11.5 Å². The lowest BCUT2D eigenvalue weighted by atomic mass is 10.3. The van der Waals surface area contributed by atoms with Crippen molar-refractivity contribution in [3.63, 3.8) is 0 Å². The molecule has 1 heterocycles. The van der Waals surface area contributed by atoms with Crippen LogP contribution >= 0.6 is 0 Å². The quantitative estimate of drug-likeness (QED) is 0.759. The molecule has 5 heteroatoms. The van der Waals surface area contributed by atoms with E-state index in [1.54, 1.807) is 7.11 Å². The number of methoxy groups -OCH3 is 1. The van der Waals surface area contributed by atoms with Crippen LogP contribution in [0, 0.1) is 6.92 Å². The van der Waals surface area contributed by atoms with Crippen molar-refractivity contribution in [2.24, 2.45) is 0 Å². The van der Waals surface area contributed by atoms with Gasteiger partial charge in [-0.3, -0.25) is 0 Å². The molecule has 0 fully saturated rings. The summed E-state index contributed by atoms with van der Waals surface area (Å²) in [5.74, 6) is 1.68. The smallest absolute Gasteiger partial charge is 0.182 e. The number of nitrogens with zero attached hydrogens (tertiary/aromatic N) is 3. The minimum absolute atomic E-state index is 0.400. The zero-order valence-corrected chi connectivity index (χ0v) is 9.03. The van der Waals surface area contributed by atoms with E-state index < -0.39 is 0 Å². The van der Waals surface area contributed by atoms with E-state index >= 15 is 0 Å². The molecule has 0 aliphatic heterocycles. The molecule has 0 radical (unpaired) electrons. The molecule has 1 rings (SSSR count). The minimum atomic E-state index is 0.400. The highest BCUT2D eigenvalue weighted by Gasteiger charge is 2.09. The zero-order valence-electron chi connectivity index (χ0n) is 9.03. The number of rotatable bonds is 3. The molecule has 0 saturated heterocycles. The molecule has 0 aromatic carbocycles. The van der Waals surface area contributed by atoms with Crippen LogP contribution in [0.2, 0.25) is 0 Å². The number of hydrogen-bond donors (Lipinski definition) is 1. The predicted octanol–water partition coefficient (Wildman–Crippen LogP) is 0.437. The Balaban J connectivity index is 3.01. The van der Waals surface area contributed by atoms with Crippen molar-refractivity contribution < 1.29 is 4.74 Å². The standard InChI is InChI=1S/C9H16N4O/c1-6-8(14-4)9(10)12-7(11-6)5-13(2)3/h5H2,1-4H3,(H2,10,11,12). The molecule has 0 aliphatic carbocycles. The van der Waals surface area contributed by atoms with Crippen molar-refractivity contribution in [3.8, 4) is 5.75 Å². The monoisotopic (exact) mass is 196 g/mol. The summed E-state index contributed by atoms with van der Waals surface area (Å²) in [6.45, 7) is 2.53. The third kappa shape index (κ3) is 2.32. The largest absolute Gasteiger partial charge is 0.491 e. The first-order chi connectivity index (χ1) is 6.54. The number of aromatic nitrogens is 2. The summed E-state index contributed by atoms with van der Waals surface area (Å²) in [6, 6.07) is 0. The van der Waals surface area contributed by atoms with Gasteiger partial charge in [-0.25, -0.2) is 9.97 Å². The van der Waals surface area contributed by atoms with Crippen LogP contribution in [0.3, 0.4) is 0 Å². The summed E-state index contributed by atoms with van der Waals surface area (Å²) in [5, 5.41) is 0. The number of ether oxygens (including phenoxy) is 1. The molecule has 0 unspecified atom stereocenters. The highest BCUT2D eigenvalue weighted by Crippen LogP contribution is 2.21. The Kier molecular flexibility index (Phi) is 3.24. The molecule has 2 N–H and O–H groups in total. The van der Waals surface area contributed by atoms with Crippen LogP contribution < -0.4 is 10.5 Å². The zero-order chi connectivity index (χ0) is 10.7. The van der Waals surface area contributed by atoms with Crippen molar-refractivity contribution in [2.45, 2.75) is 13.5 Å². The molecule has 0 saturated carbocycles. The second-order valence-corrected chi connectivity index (χ2v) is 3.38. The van der Waals surface area contributed by atoms with Gasteiger partial charge in [-0.15, -0.1) is 0 Å². The number of hydrogen-bond acceptors (Lipinski definition) is 5. The molecule has 0 bridgehead atoms. The maximum atomic E-state index is 5.71. The van der Waals surface area contributed by atoms with Crippen molar-refractivity contribution >= 4 is 5.82 Å². The second kappa shape index (κ2) is 4.23. The van der Waals surface area contributed by atoms with Gasteiger partial charge in [0.25, 0.3) is 0 Å². The summed E-state index contributed by atoms with van der Waals surface area (Å²) in [7, 11) is 5.48. The average molecular weight is 196 g/mol. The normalized spacial score (nSPS) is 10.6. The number of nitrogens with two attached hydrogens (primary N) is 1. The van der Waals surface area contributed by atoms with E-state index in [0.717, 1.165) is 5.69 Å².